The van der Waals surface area contributed by atoms with Gasteiger partial charge in [0.15, 0.2) is 5.03 Å². The molecule has 0 amide bonds. The second kappa shape index (κ2) is 4.79. The fraction of sp³-hybridized carbons (Fsp3) is 0.182. The molecule has 1 aromatic heterocycles. The summed E-state index contributed by atoms with van der Waals surface area (Å²) in [6.45, 7) is 1.60. The molecule has 0 saturated heterocycles. The Morgan fingerprint density at radius 2 is 2.00 bits per heavy atom. The SMILES string of the molecule is Cc1ncc(S(=O)(=O)Nc2ccc(CO)cc2)[nH]1. The van der Waals surface area contributed by atoms with Crippen molar-refractivity contribution < 1.29 is 13.5 Å². The summed E-state index contributed by atoms with van der Waals surface area (Å²) in [4.78, 5) is 6.50. The van der Waals surface area contributed by atoms with E-state index in [2.05, 4.69) is 14.7 Å². The minimum absolute atomic E-state index is 0.0197. The number of rotatable bonds is 4. The van der Waals surface area contributed by atoms with Crippen LogP contribution in [0.1, 0.15) is 11.4 Å². The fourth-order valence-electron chi connectivity index (χ4n) is 1.42. The predicted octanol–water partition coefficient (Wildman–Crippen LogP) is 1.01. The summed E-state index contributed by atoms with van der Waals surface area (Å²) in [6.07, 6.45) is 1.26. The van der Waals surface area contributed by atoms with Gasteiger partial charge in [0.1, 0.15) is 5.82 Å². The highest BCUT2D eigenvalue weighted by Crippen LogP contribution is 2.15. The van der Waals surface area contributed by atoms with Crippen molar-refractivity contribution >= 4 is 15.7 Å². The number of aryl methyl sites for hydroxylation is 1. The highest BCUT2D eigenvalue weighted by Gasteiger charge is 2.16. The van der Waals surface area contributed by atoms with E-state index in [1.165, 1.54) is 6.20 Å². The standard InChI is InChI=1S/C11H13N3O3S/c1-8-12-6-11(13-8)18(16,17)14-10-4-2-9(7-15)3-5-10/h2-6,14-15H,7H2,1H3,(H,12,13). The summed E-state index contributed by atoms with van der Waals surface area (Å²) in [7, 11) is -3.64. The number of benzene rings is 1. The van der Waals surface area contributed by atoms with E-state index in [4.69, 9.17) is 5.11 Å². The normalized spacial score (nSPS) is 11.4. The third-order valence-electron chi connectivity index (χ3n) is 2.36. The van der Waals surface area contributed by atoms with Crippen molar-refractivity contribution in [3.63, 3.8) is 0 Å². The Labute approximate surface area is 105 Å². The predicted molar refractivity (Wildman–Crippen MR) is 66.5 cm³/mol. The van der Waals surface area contributed by atoms with E-state index in [0.29, 0.717) is 11.5 Å². The number of hydrogen-bond donors (Lipinski definition) is 3. The van der Waals surface area contributed by atoms with Crippen molar-refractivity contribution in [1.82, 2.24) is 9.97 Å². The molecule has 0 spiro atoms. The quantitative estimate of drug-likeness (QED) is 0.770. The first-order valence-corrected chi connectivity index (χ1v) is 6.74. The lowest BCUT2D eigenvalue weighted by Gasteiger charge is -2.06. The lowest BCUT2D eigenvalue weighted by Crippen LogP contribution is -2.13. The van der Waals surface area contributed by atoms with E-state index in [1.54, 1.807) is 31.2 Å². The first-order chi connectivity index (χ1) is 8.51. The van der Waals surface area contributed by atoms with Gasteiger partial charge in [0.25, 0.3) is 10.0 Å². The molecule has 0 atom stereocenters. The number of sulfonamides is 1. The topological polar surface area (TPSA) is 95.1 Å². The van der Waals surface area contributed by atoms with Gasteiger partial charge in [-0.25, -0.2) is 4.98 Å². The average Bonchev–Trinajstić information content (AvgIpc) is 2.77. The zero-order valence-electron chi connectivity index (χ0n) is 9.71. The third-order valence-corrected chi connectivity index (χ3v) is 3.65. The van der Waals surface area contributed by atoms with Gasteiger partial charge in [0, 0.05) is 5.69 Å². The molecule has 2 aromatic rings. The molecular formula is C11H13N3O3S. The summed E-state index contributed by atoms with van der Waals surface area (Å²) in [5.74, 6) is 0.533. The molecule has 0 bridgehead atoms. The minimum Gasteiger partial charge on any atom is -0.392 e. The molecule has 0 radical (unpaired) electrons. The zero-order valence-corrected chi connectivity index (χ0v) is 10.5. The highest BCUT2D eigenvalue weighted by molar-refractivity contribution is 7.92. The Morgan fingerprint density at radius 3 is 2.50 bits per heavy atom. The smallest absolute Gasteiger partial charge is 0.278 e. The van der Waals surface area contributed by atoms with Gasteiger partial charge in [-0.2, -0.15) is 8.42 Å². The maximum absolute atomic E-state index is 11.9. The van der Waals surface area contributed by atoms with Gasteiger partial charge in [0.2, 0.25) is 0 Å². The van der Waals surface area contributed by atoms with Crippen LogP contribution in [-0.2, 0) is 16.6 Å². The van der Waals surface area contributed by atoms with E-state index < -0.39 is 10.0 Å². The van der Waals surface area contributed by atoms with Crippen LogP contribution in [0.2, 0.25) is 0 Å². The molecule has 6 nitrogen and oxygen atoms in total. The van der Waals surface area contributed by atoms with Crippen molar-refractivity contribution in [1.29, 1.82) is 0 Å². The second-order valence-electron chi connectivity index (χ2n) is 3.79. The Balaban J connectivity index is 2.22. The van der Waals surface area contributed by atoms with E-state index >= 15 is 0 Å². The maximum atomic E-state index is 11.9. The van der Waals surface area contributed by atoms with Crippen molar-refractivity contribution in [2.75, 3.05) is 4.72 Å². The van der Waals surface area contributed by atoms with Crippen LogP contribution in [0, 0.1) is 6.92 Å². The summed E-state index contributed by atoms with van der Waals surface area (Å²) in [5.41, 5.74) is 1.15. The molecule has 7 heteroatoms. The number of hydrogen-bond acceptors (Lipinski definition) is 4. The molecule has 0 saturated carbocycles. The van der Waals surface area contributed by atoms with E-state index in [1.807, 2.05) is 0 Å². The lowest BCUT2D eigenvalue weighted by atomic mass is 10.2. The number of aromatic nitrogens is 2. The largest absolute Gasteiger partial charge is 0.392 e. The van der Waals surface area contributed by atoms with Gasteiger partial charge in [-0.15, -0.1) is 0 Å². The monoisotopic (exact) mass is 267 g/mol. The average molecular weight is 267 g/mol. The van der Waals surface area contributed by atoms with Crippen molar-refractivity contribution in [3.05, 3.63) is 41.9 Å². The molecule has 96 valence electrons. The number of nitrogens with zero attached hydrogens (tertiary/aromatic N) is 1. The van der Waals surface area contributed by atoms with Gasteiger partial charge in [-0.3, -0.25) is 4.72 Å². The Kier molecular flexibility index (Phi) is 3.35. The van der Waals surface area contributed by atoms with E-state index in [9.17, 15) is 8.42 Å². The molecule has 18 heavy (non-hydrogen) atoms. The second-order valence-corrected chi connectivity index (χ2v) is 5.44. The number of aliphatic hydroxyl groups excluding tert-OH is 1. The van der Waals surface area contributed by atoms with E-state index in [0.717, 1.165) is 5.56 Å². The van der Waals surface area contributed by atoms with Crippen LogP contribution < -0.4 is 4.72 Å². The van der Waals surface area contributed by atoms with Crippen LogP contribution in [-0.4, -0.2) is 23.5 Å². The van der Waals surface area contributed by atoms with Gasteiger partial charge < -0.3 is 10.1 Å². The van der Waals surface area contributed by atoms with Crippen LogP contribution in [0.15, 0.2) is 35.5 Å². The number of aliphatic hydroxyl groups is 1. The number of nitrogens with one attached hydrogen (secondary N) is 2. The molecule has 2 rings (SSSR count). The number of aromatic amines is 1. The van der Waals surface area contributed by atoms with Crippen molar-refractivity contribution in [2.24, 2.45) is 0 Å². The summed E-state index contributed by atoms with van der Waals surface area (Å²) >= 11 is 0. The number of anilines is 1. The number of imidazole rings is 1. The van der Waals surface area contributed by atoms with Crippen molar-refractivity contribution in [2.45, 2.75) is 18.6 Å². The Morgan fingerprint density at radius 1 is 1.33 bits per heavy atom. The van der Waals surface area contributed by atoms with Gasteiger partial charge in [-0.1, -0.05) is 12.1 Å². The van der Waals surface area contributed by atoms with Gasteiger partial charge in [-0.05, 0) is 24.6 Å². The van der Waals surface area contributed by atoms with Crippen LogP contribution in [0.4, 0.5) is 5.69 Å². The first kappa shape index (κ1) is 12.6. The van der Waals surface area contributed by atoms with Crippen LogP contribution in [0.25, 0.3) is 0 Å². The lowest BCUT2D eigenvalue weighted by molar-refractivity contribution is 0.282. The van der Waals surface area contributed by atoms with E-state index in [-0.39, 0.29) is 11.6 Å². The van der Waals surface area contributed by atoms with Gasteiger partial charge in [0.05, 0.1) is 12.8 Å². The molecule has 0 aliphatic carbocycles. The highest BCUT2D eigenvalue weighted by atomic mass is 32.2. The Bertz CT molecular complexity index is 632. The van der Waals surface area contributed by atoms with Crippen molar-refractivity contribution in [3.8, 4) is 0 Å². The number of H-pyrrole nitrogens is 1. The molecule has 1 heterocycles. The molecule has 1 aromatic carbocycles. The minimum atomic E-state index is -3.64. The summed E-state index contributed by atoms with van der Waals surface area (Å²) < 4.78 is 26.3. The fourth-order valence-corrected chi connectivity index (χ4v) is 2.45. The van der Waals surface area contributed by atoms with Crippen LogP contribution >= 0.6 is 0 Å². The molecule has 0 aliphatic heterocycles. The zero-order chi connectivity index (χ0) is 13.2. The molecule has 0 aliphatic rings. The maximum Gasteiger partial charge on any atom is 0.278 e. The first-order valence-electron chi connectivity index (χ1n) is 5.25. The van der Waals surface area contributed by atoms with Gasteiger partial charge >= 0.3 is 0 Å². The summed E-state index contributed by atoms with van der Waals surface area (Å²) in [5, 5.41) is 8.91. The molecule has 0 fully saturated rings. The molecule has 3 N–H and O–H groups in total. The van der Waals surface area contributed by atoms with Crippen LogP contribution in [0.5, 0.6) is 0 Å². The Hall–Kier alpha value is -1.86. The third kappa shape index (κ3) is 2.69. The molecule has 0 unspecified atom stereocenters. The summed E-state index contributed by atoms with van der Waals surface area (Å²) in [6, 6.07) is 6.48. The molecular weight excluding hydrogens is 254 g/mol. The van der Waals surface area contributed by atoms with Crippen LogP contribution in [0.3, 0.4) is 0 Å².